The van der Waals surface area contributed by atoms with Gasteiger partial charge in [0, 0.05) is 11.3 Å². The van der Waals surface area contributed by atoms with Crippen LogP contribution in [0.5, 0.6) is 0 Å². The maximum Gasteiger partial charge on any atom is 0.200 e. The van der Waals surface area contributed by atoms with Crippen LogP contribution in [0.1, 0.15) is 6.92 Å². The molecule has 2 rings (SSSR count). The van der Waals surface area contributed by atoms with E-state index in [1.54, 1.807) is 31.2 Å². The molecule has 6 heteroatoms. The minimum atomic E-state index is -3.50. The number of alkyl halides is 1. The van der Waals surface area contributed by atoms with Crippen LogP contribution in [0.4, 0.5) is 0 Å². The van der Waals surface area contributed by atoms with Crippen molar-refractivity contribution in [1.29, 1.82) is 0 Å². The molecule has 1 aromatic carbocycles. The Labute approximate surface area is 105 Å². The number of fused-ring (bicyclic) bond motifs is 1. The third kappa shape index (κ3) is 2.12. The second kappa shape index (κ2) is 4.58. The molecule has 0 bridgehead atoms. The summed E-state index contributed by atoms with van der Waals surface area (Å²) in [5.74, 6) is 0.0423. The minimum absolute atomic E-state index is 0.0423. The highest BCUT2D eigenvalue weighted by atomic mass is 35.5. The number of sulfone groups is 1. The largest absolute Gasteiger partial charge is 0.236 e. The molecule has 1 heterocycles. The van der Waals surface area contributed by atoms with Crippen LogP contribution >= 0.6 is 11.6 Å². The van der Waals surface area contributed by atoms with Crippen LogP contribution in [0.25, 0.3) is 10.9 Å². The lowest BCUT2D eigenvalue weighted by Gasteiger charge is -2.10. The fourth-order valence-corrected chi connectivity index (χ4v) is 3.20. The molecule has 1 aromatic heterocycles. The van der Waals surface area contributed by atoms with E-state index in [2.05, 4.69) is 9.97 Å². The highest BCUT2D eigenvalue weighted by molar-refractivity contribution is 7.92. The first-order valence-electron chi connectivity index (χ1n) is 5.07. The van der Waals surface area contributed by atoms with Gasteiger partial charge in [-0.05, 0) is 19.1 Å². The van der Waals surface area contributed by atoms with Gasteiger partial charge in [0.2, 0.25) is 0 Å². The van der Waals surface area contributed by atoms with Gasteiger partial charge in [0.15, 0.2) is 14.9 Å². The first kappa shape index (κ1) is 12.3. The van der Waals surface area contributed by atoms with Gasteiger partial charge in [-0.2, -0.15) is 0 Å². The lowest BCUT2D eigenvalue weighted by molar-refractivity contribution is 0.585. The molecule has 17 heavy (non-hydrogen) atoms. The van der Waals surface area contributed by atoms with Crippen LogP contribution in [-0.2, 0) is 9.84 Å². The van der Waals surface area contributed by atoms with E-state index < -0.39 is 15.1 Å². The smallest absolute Gasteiger partial charge is 0.200 e. The van der Waals surface area contributed by atoms with E-state index in [4.69, 9.17) is 11.6 Å². The van der Waals surface area contributed by atoms with Gasteiger partial charge in [0.1, 0.15) is 6.33 Å². The second-order valence-corrected chi connectivity index (χ2v) is 6.30. The van der Waals surface area contributed by atoms with Crippen molar-refractivity contribution in [2.45, 2.75) is 17.2 Å². The number of rotatable bonds is 3. The van der Waals surface area contributed by atoms with E-state index in [1.807, 2.05) is 0 Å². The van der Waals surface area contributed by atoms with Crippen LogP contribution in [-0.4, -0.2) is 29.5 Å². The van der Waals surface area contributed by atoms with E-state index in [-0.39, 0.29) is 10.9 Å². The van der Waals surface area contributed by atoms with Gasteiger partial charge in [-0.25, -0.2) is 18.4 Å². The lowest BCUT2D eigenvalue weighted by atomic mass is 10.2. The lowest BCUT2D eigenvalue weighted by Crippen LogP contribution is -2.21. The molecule has 0 N–H and O–H groups in total. The SMILES string of the molecule is CC(CCl)S(=O)(=O)c1ncnc2ccccc12. The van der Waals surface area contributed by atoms with Crippen molar-refractivity contribution in [3.8, 4) is 0 Å². The molecule has 1 atom stereocenters. The number of halogens is 1. The number of nitrogens with zero attached hydrogens (tertiary/aromatic N) is 2. The Kier molecular flexibility index (Phi) is 3.31. The van der Waals surface area contributed by atoms with Crippen molar-refractivity contribution in [2.24, 2.45) is 0 Å². The summed E-state index contributed by atoms with van der Waals surface area (Å²) in [6.07, 6.45) is 1.26. The molecule has 1 unspecified atom stereocenters. The molecule has 0 spiro atoms. The van der Waals surface area contributed by atoms with Gasteiger partial charge in [-0.1, -0.05) is 12.1 Å². The predicted molar refractivity (Wildman–Crippen MR) is 66.9 cm³/mol. The average molecular weight is 271 g/mol. The highest BCUT2D eigenvalue weighted by Gasteiger charge is 2.26. The van der Waals surface area contributed by atoms with E-state index in [0.29, 0.717) is 10.9 Å². The normalized spacial score (nSPS) is 13.8. The topological polar surface area (TPSA) is 59.9 Å². The zero-order valence-electron chi connectivity index (χ0n) is 9.17. The summed E-state index contributed by atoms with van der Waals surface area (Å²) in [6, 6.07) is 7.01. The van der Waals surface area contributed by atoms with Gasteiger partial charge in [0.05, 0.1) is 10.8 Å². The van der Waals surface area contributed by atoms with Crippen molar-refractivity contribution in [3.05, 3.63) is 30.6 Å². The van der Waals surface area contributed by atoms with Gasteiger partial charge in [-0.15, -0.1) is 11.6 Å². The standard InChI is InChI=1S/C11H11ClN2O2S/c1-8(6-12)17(15,16)11-9-4-2-3-5-10(9)13-7-14-11/h2-5,7-8H,6H2,1H3. The van der Waals surface area contributed by atoms with E-state index in [9.17, 15) is 8.42 Å². The molecule has 0 aliphatic carbocycles. The zero-order chi connectivity index (χ0) is 12.5. The zero-order valence-corrected chi connectivity index (χ0v) is 10.7. The molecule has 0 aliphatic heterocycles. The average Bonchev–Trinajstić information content (AvgIpc) is 2.37. The molecule has 0 saturated carbocycles. The van der Waals surface area contributed by atoms with Crippen molar-refractivity contribution in [3.63, 3.8) is 0 Å². The molecule has 0 amide bonds. The number of para-hydroxylation sites is 1. The first-order valence-corrected chi connectivity index (χ1v) is 7.15. The number of benzene rings is 1. The van der Waals surface area contributed by atoms with E-state index >= 15 is 0 Å². The highest BCUT2D eigenvalue weighted by Crippen LogP contribution is 2.22. The molecular formula is C11H11ClN2O2S. The van der Waals surface area contributed by atoms with Crippen molar-refractivity contribution in [1.82, 2.24) is 9.97 Å². The number of hydrogen-bond acceptors (Lipinski definition) is 4. The fraction of sp³-hybridized carbons (Fsp3) is 0.273. The molecule has 0 aliphatic rings. The molecule has 90 valence electrons. The van der Waals surface area contributed by atoms with Crippen molar-refractivity contribution in [2.75, 3.05) is 5.88 Å². The quantitative estimate of drug-likeness (QED) is 0.632. The van der Waals surface area contributed by atoms with E-state index in [1.165, 1.54) is 6.33 Å². The van der Waals surface area contributed by atoms with E-state index in [0.717, 1.165) is 0 Å². The summed E-state index contributed by atoms with van der Waals surface area (Å²) in [7, 11) is -3.50. The monoisotopic (exact) mass is 270 g/mol. The second-order valence-electron chi connectivity index (χ2n) is 3.71. The minimum Gasteiger partial charge on any atom is -0.236 e. The van der Waals surface area contributed by atoms with Gasteiger partial charge in [0.25, 0.3) is 0 Å². The molecule has 4 nitrogen and oxygen atoms in total. The first-order chi connectivity index (χ1) is 8.07. The maximum atomic E-state index is 12.2. The Morgan fingerprint density at radius 1 is 1.29 bits per heavy atom. The maximum absolute atomic E-state index is 12.2. The summed E-state index contributed by atoms with van der Waals surface area (Å²) < 4.78 is 24.4. The Morgan fingerprint density at radius 3 is 2.71 bits per heavy atom. The van der Waals surface area contributed by atoms with Crippen LogP contribution in [0.15, 0.2) is 35.6 Å². The van der Waals surface area contributed by atoms with Crippen molar-refractivity contribution < 1.29 is 8.42 Å². The molecule has 2 aromatic rings. The van der Waals surface area contributed by atoms with Crippen molar-refractivity contribution >= 4 is 32.3 Å². The summed E-state index contributed by atoms with van der Waals surface area (Å²) in [6.45, 7) is 1.57. The fourth-order valence-electron chi connectivity index (χ4n) is 1.48. The predicted octanol–water partition coefficient (Wildman–Crippen LogP) is 2.03. The summed E-state index contributed by atoms with van der Waals surface area (Å²) in [5, 5.41) is -0.0781. The van der Waals surface area contributed by atoms with Gasteiger partial charge >= 0.3 is 0 Å². The number of aromatic nitrogens is 2. The molecule has 0 fully saturated rings. The van der Waals surface area contributed by atoms with Crippen LogP contribution < -0.4 is 0 Å². The Hall–Kier alpha value is -1.20. The third-order valence-electron chi connectivity index (χ3n) is 2.52. The summed E-state index contributed by atoms with van der Waals surface area (Å²) >= 11 is 5.62. The van der Waals surface area contributed by atoms with Crippen LogP contribution in [0, 0.1) is 0 Å². The Morgan fingerprint density at radius 2 is 2.00 bits per heavy atom. The van der Waals surface area contributed by atoms with Gasteiger partial charge < -0.3 is 0 Å². The third-order valence-corrected chi connectivity index (χ3v) is 5.26. The molecule has 0 radical (unpaired) electrons. The number of hydrogen-bond donors (Lipinski definition) is 0. The Bertz CT molecular complexity index is 637. The van der Waals surface area contributed by atoms with Crippen LogP contribution in [0.2, 0.25) is 0 Å². The molecule has 0 saturated heterocycles. The summed E-state index contributed by atoms with van der Waals surface area (Å²) in [5.41, 5.74) is 0.614. The summed E-state index contributed by atoms with van der Waals surface area (Å²) in [4.78, 5) is 7.92. The molecular weight excluding hydrogens is 260 g/mol. The van der Waals surface area contributed by atoms with Crippen LogP contribution in [0.3, 0.4) is 0 Å². The Balaban J connectivity index is 2.72. The van der Waals surface area contributed by atoms with Gasteiger partial charge in [-0.3, -0.25) is 0 Å².